The van der Waals surface area contributed by atoms with Crippen LogP contribution in [0.25, 0.3) is 0 Å². The van der Waals surface area contributed by atoms with Crippen LogP contribution in [0.5, 0.6) is 0 Å². The second-order valence-corrected chi connectivity index (χ2v) is 13.5. The van der Waals surface area contributed by atoms with E-state index in [-0.39, 0.29) is 29.8 Å². The molecule has 1 fully saturated rings. The van der Waals surface area contributed by atoms with Gasteiger partial charge >= 0.3 is 5.97 Å². The van der Waals surface area contributed by atoms with Crippen molar-refractivity contribution in [1.82, 2.24) is 0 Å². The molecule has 0 spiro atoms. The van der Waals surface area contributed by atoms with Crippen molar-refractivity contribution in [3.63, 3.8) is 0 Å². The average Bonchev–Trinajstić information content (AvgIpc) is 2.92. The van der Waals surface area contributed by atoms with Gasteiger partial charge in [-0.1, -0.05) is 20.8 Å². The largest absolute Gasteiger partial charge is 0.466 e. The van der Waals surface area contributed by atoms with Crippen LogP contribution in [0.15, 0.2) is 0 Å². The van der Waals surface area contributed by atoms with E-state index in [2.05, 4.69) is 33.9 Å². The molecule has 0 bridgehead atoms. The molecule has 0 heterocycles. The lowest BCUT2D eigenvalue weighted by molar-refractivity contribution is -0.143. The lowest BCUT2D eigenvalue weighted by Crippen LogP contribution is -2.42. The van der Waals surface area contributed by atoms with E-state index in [0.29, 0.717) is 32.3 Å². The van der Waals surface area contributed by atoms with Crippen molar-refractivity contribution in [3.8, 4) is 0 Å². The smallest absolute Gasteiger partial charge is 0.302 e. The lowest BCUT2D eigenvalue weighted by atomic mass is 9.98. The van der Waals surface area contributed by atoms with E-state index in [4.69, 9.17) is 23.4 Å². The summed E-state index contributed by atoms with van der Waals surface area (Å²) in [4.78, 5) is 11.2. The molecule has 0 unspecified atom stereocenters. The van der Waals surface area contributed by atoms with Crippen LogP contribution in [0, 0.1) is 11.8 Å². The van der Waals surface area contributed by atoms with Gasteiger partial charge in [0.1, 0.15) is 6.79 Å². The first-order valence-electron chi connectivity index (χ1n) is 9.52. The lowest BCUT2D eigenvalue weighted by Gasteiger charge is -2.37. The number of carbonyl (C=O) groups excluding carboxylic acids is 1. The summed E-state index contributed by atoms with van der Waals surface area (Å²) in [6.45, 7) is 15.2. The molecule has 0 aromatic heterocycles. The summed E-state index contributed by atoms with van der Waals surface area (Å²) in [7, 11) is -0.150. The molecule has 0 saturated heterocycles. The summed E-state index contributed by atoms with van der Waals surface area (Å²) in [5.41, 5.74) is 0. The Morgan fingerprint density at radius 2 is 1.69 bits per heavy atom. The van der Waals surface area contributed by atoms with E-state index in [1.807, 2.05) is 0 Å². The fourth-order valence-electron chi connectivity index (χ4n) is 2.80. The second-order valence-electron chi connectivity index (χ2n) is 8.67. The van der Waals surface area contributed by atoms with Crippen molar-refractivity contribution in [2.75, 3.05) is 40.3 Å². The molecule has 1 saturated carbocycles. The molecule has 0 aromatic carbocycles. The van der Waals surface area contributed by atoms with E-state index < -0.39 is 8.32 Å². The molecular formula is C19H38O6Si. The Kier molecular flexibility index (Phi) is 9.75. The van der Waals surface area contributed by atoms with Crippen LogP contribution in [-0.2, 0) is 28.2 Å². The van der Waals surface area contributed by atoms with Crippen LogP contribution in [0.3, 0.4) is 0 Å². The van der Waals surface area contributed by atoms with Gasteiger partial charge in [-0.3, -0.25) is 4.79 Å². The SMILES string of the molecule is COCCOCO[C@@H]1C[C@@H](COC(C)=O)[C@@H](CO[Si](C)(C)C(C)(C)C)C1. The predicted octanol–water partition coefficient (Wildman–Crippen LogP) is 3.60. The third-order valence-electron chi connectivity index (χ3n) is 5.58. The molecular weight excluding hydrogens is 352 g/mol. The molecule has 3 atom stereocenters. The number of methoxy groups -OCH3 is 1. The van der Waals surface area contributed by atoms with Gasteiger partial charge in [0.05, 0.1) is 25.9 Å². The monoisotopic (exact) mass is 390 g/mol. The summed E-state index contributed by atoms with van der Waals surface area (Å²) in [5, 5.41) is 0.183. The topological polar surface area (TPSA) is 63.2 Å². The molecule has 1 rings (SSSR count). The zero-order chi connectivity index (χ0) is 19.8. The fourth-order valence-corrected chi connectivity index (χ4v) is 3.87. The van der Waals surface area contributed by atoms with E-state index in [9.17, 15) is 4.79 Å². The summed E-state index contributed by atoms with van der Waals surface area (Å²) in [5.74, 6) is 0.376. The Hall–Kier alpha value is -0.473. The number of carbonyl (C=O) groups is 1. The van der Waals surface area contributed by atoms with Crippen LogP contribution in [0.4, 0.5) is 0 Å². The van der Waals surface area contributed by atoms with E-state index in [1.54, 1.807) is 7.11 Å². The van der Waals surface area contributed by atoms with Crippen molar-refractivity contribution in [3.05, 3.63) is 0 Å². The zero-order valence-corrected chi connectivity index (χ0v) is 18.6. The minimum absolute atomic E-state index is 0.117. The molecule has 26 heavy (non-hydrogen) atoms. The van der Waals surface area contributed by atoms with Gasteiger partial charge in [0.15, 0.2) is 8.32 Å². The van der Waals surface area contributed by atoms with Crippen molar-refractivity contribution in [1.29, 1.82) is 0 Å². The summed E-state index contributed by atoms with van der Waals surface area (Å²) >= 11 is 0. The first-order valence-corrected chi connectivity index (χ1v) is 12.4. The Labute approximate surface area is 160 Å². The highest BCUT2D eigenvalue weighted by Crippen LogP contribution is 2.39. The summed E-state index contributed by atoms with van der Waals surface area (Å²) in [6, 6.07) is 0. The third kappa shape index (κ3) is 8.04. The Bertz CT molecular complexity index is 421. The molecule has 0 amide bonds. The molecule has 0 N–H and O–H groups in total. The first kappa shape index (κ1) is 23.6. The maximum atomic E-state index is 11.2. The maximum Gasteiger partial charge on any atom is 0.302 e. The van der Waals surface area contributed by atoms with Crippen LogP contribution in [0.2, 0.25) is 18.1 Å². The van der Waals surface area contributed by atoms with Crippen LogP contribution in [-0.4, -0.2) is 60.7 Å². The van der Waals surface area contributed by atoms with Gasteiger partial charge < -0.3 is 23.4 Å². The van der Waals surface area contributed by atoms with Gasteiger partial charge in [-0.05, 0) is 36.9 Å². The highest BCUT2D eigenvalue weighted by atomic mass is 28.4. The number of hydrogen-bond acceptors (Lipinski definition) is 6. The van der Waals surface area contributed by atoms with E-state index in [1.165, 1.54) is 6.92 Å². The van der Waals surface area contributed by atoms with Gasteiger partial charge in [-0.15, -0.1) is 0 Å². The number of rotatable bonds is 11. The normalized spacial score (nSPS) is 24.0. The van der Waals surface area contributed by atoms with Crippen LogP contribution >= 0.6 is 0 Å². The minimum Gasteiger partial charge on any atom is -0.466 e. The molecule has 154 valence electrons. The summed E-state index contributed by atoms with van der Waals surface area (Å²) < 4.78 is 27.9. The number of hydrogen-bond donors (Lipinski definition) is 0. The maximum absolute atomic E-state index is 11.2. The van der Waals surface area contributed by atoms with Crippen molar-refractivity contribution in [2.24, 2.45) is 11.8 Å². The molecule has 0 aromatic rings. The molecule has 0 radical (unpaired) electrons. The zero-order valence-electron chi connectivity index (χ0n) is 17.6. The second kappa shape index (κ2) is 10.8. The molecule has 7 heteroatoms. The molecule has 1 aliphatic carbocycles. The quantitative estimate of drug-likeness (QED) is 0.232. The average molecular weight is 391 g/mol. The molecule has 6 nitrogen and oxygen atoms in total. The standard InChI is InChI=1S/C19H38O6Si/c1-15(20)23-12-16-10-18(24-14-22-9-8-21-5)11-17(16)13-25-26(6,7)19(2,3)4/h16-18H,8-14H2,1-7H3/t16-,17+,18+/m0/s1. The van der Waals surface area contributed by atoms with Crippen molar-refractivity contribution >= 4 is 14.3 Å². The van der Waals surface area contributed by atoms with Gasteiger partial charge in [-0.2, -0.15) is 0 Å². The number of ether oxygens (including phenoxy) is 4. The third-order valence-corrected chi connectivity index (χ3v) is 10.1. The number of esters is 1. The molecule has 1 aliphatic rings. The van der Waals surface area contributed by atoms with Gasteiger partial charge in [0.2, 0.25) is 0 Å². The van der Waals surface area contributed by atoms with Gasteiger partial charge in [-0.25, -0.2) is 0 Å². The van der Waals surface area contributed by atoms with E-state index in [0.717, 1.165) is 12.8 Å². The Balaban J connectivity index is 2.53. The van der Waals surface area contributed by atoms with E-state index >= 15 is 0 Å². The minimum atomic E-state index is -1.80. The summed E-state index contributed by atoms with van der Waals surface area (Å²) in [6.07, 6.45) is 1.90. The Morgan fingerprint density at radius 3 is 2.23 bits per heavy atom. The van der Waals surface area contributed by atoms with Crippen LogP contribution < -0.4 is 0 Å². The molecule has 0 aliphatic heterocycles. The fraction of sp³-hybridized carbons (Fsp3) is 0.947. The van der Waals surface area contributed by atoms with Crippen molar-refractivity contribution < 1.29 is 28.2 Å². The highest BCUT2D eigenvalue weighted by Gasteiger charge is 2.41. The van der Waals surface area contributed by atoms with Gasteiger partial charge in [0, 0.05) is 26.6 Å². The van der Waals surface area contributed by atoms with Gasteiger partial charge in [0.25, 0.3) is 0 Å². The Morgan fingerprint density at radius 1 is 1.08 bits per heavy atom. The predicted molar refractivity (Wildman–Crippen MR) is 104 cm³/mol. The van der Waals surface area contributed by atoms with Crippen molar-refractivity contribution in [2.45, 2.75) is 64.8 Å². The van der Waals surface area contributed by atoms with Crippen LogP contribution in [0.1, 0.15) is 40.5 Å². The highest BCUT2D eigenvalue weighted by molar-refractivity contribution is 6.74. The first-order chi connectivity index (χ1) is 12.1.